The summed E-state index contributed by atoms with van der Waals surface area (Å²) in [7, 11) is 0. The van der Waals surface area contributed by atoms with E-state index in [9.17, 15) is 24.3 Å². The highest BCUT2D eigenvalue weighted by Crippen LogP contribution is 2.45. The molecular formula is C37H45N5O7. The average molecular weight is 672 g/mol. The van der Waals surface area contributed by atoms with E-state index in [2.05, 4.69) is 10.6 Å². The van der Waals surface area contributed by atoms with Gasteiger partial charge in [0.1, 0.15) is 29.3 Å². The lowest BCUT2D eigenvalue weighted by atomic mass is 10.0. The lowest BCUT2D eigenvalue weighted by molar-refractivity contribution is -0.145. The summed E-state index contributed by atoms with van der Waals surface area (Å²) in [6.07, 6.45) is 6.29. The number of aromatic nitrogens is 2. The van der Waals surface area contributed by atoms with Crippen LogP contribution in [0.5, 0.6) is 6.01 Å². The van der Waals surface area contributed by atoms with Gasteiger partial charge in [-0.25, -0.2) is 9.59 Å². The number of benzene rings is 2. The molecule has 0 unspecified atom stereocenters. The smallest absolute Gasteiger partial charge is 0.408 e. The molecule has 0 radical (unpaired) electrons. The highest BCUT2D eigenvalue weighted by atomic mass is 16.6. The van der Waals surface area contributed by atoms with Crippen molar-refractivity contribution in [1.29, 1.82) is 0 Å². The van der Waals surface area contributed by atoms with Gasteiger partial charge in [-0.2, -0.15) is 4.98 Å². The molecule has 3 aliphatic rings. The van der Waals surface area contributed by atoms with Crippen LogP contribution in [0.3, 0.4) is 0 Å². The second-order valence-electron chi connectivity index (χ2n) is 14.3. The van der Waals surface area contributed by atoms with Crippen LogP contribution in [0.25, 0.3) is 11.0 Å². The van der Waals surface area contributed by atoms with Crippen LogP contribution in [0, 0.1) is 5.92 Å². The molecular weight excluding hydrogens is 626 g/mol. The molecule has 3 N–H and O–H groups in total. The number of hydrogen-bond donors (Lipinski definition) is 3. The van der Waals surface area contributed by atoms with E-state index in [1.165, 1.54) is 4.90 Å². The minimum atomic E-state index is -1.43. The fraction of sp³-hybridized carbons (Fsp3) is 0.486. The second-order valence-corrected chi connectivity index (χ2v) is 14.3. The number of imidazole rings is 1. The van der Waals surface area contributed by atoms with Gasteiger partial charge in [-0.05, 0) is 64.2 Å². The molecule has 12 heteroatoms. The maximum absolute atomic E-state index is 14.3. The molecule has 3 heterocycles. The standard InChI is InChI=1S/C37H45N5O7/c1-36(2,3)49-35(47)39-28-18-11-6-4-5-10-16-25-21-37(25,33(45)46)40-31(43)30-20-26(23-41(30)32(28)44)48-34-38-27-17-12-13-19-29(27)42(34)22-24-14-8-7-9-15-24/h7-10,12-17,19,25-26,28,30H,4-6,11,18,20-23H2,1-3H3,(H,39,47)(H,40,43)(H,45,46)/b16-10-/t25-,26-,28+,30+,37-/m1/s1. The van der Waals surface area contributed by atoms with Crippen molar-refractivity contribution in [3.05, 3.63) is 72.3 Å². The summed E-state index contributed by atoms with van der Waals surface area (Å²) in [6, 6.07) is 16.0. The van der Waals surface area contributed by atoms with Gasteiger partial charge in [-0.15, -0.1) is 0 Å². The van der Waals surface area contributed by atoms with Crippen LogP contribution < -0.4 is 15.4 Å². The summed E-state index contributed by atoms with van der Waals surface area (Å²) >= 11 is 0. The number of carboxylic acids is 1. The molecule has 49 heavy (non-hydrogen) atoms. The van der Waals surface area contributed by atoms with E-state index in [0.29, 0.717) is 25.4 Å². The van der Waals surface area contributed by atoms with Crippen molar-refractivity contribution >= 4 is 34.9 Å². The van der Waals surface area contributed by atoms with E-state index in [0.717, 1.165) is 35.9 Å². The van der Waals surface area contributed by atoms with Crippen LogP contribution in [0.15, 0.2) is 66.7 Å². The molecule has 0 spiro atoms. The second kappa shape index (κ2) is 13.9. The molecule has 3 amide bonds. The Morgan fingerprint density at radius 2 is 1.82 bits per heavy atom. The molecule has 0 bridgehead atoms. The fourth-order valence-corrected chi connectivity index (χ4v) is 6.81. The van der Waals surface area contributed by atoms with Crippen molar-refractivity contribution in [3.8, 4) is 6.01 Å². The SMILES string of the molecule is CC(C)(C)OC(=O)N[C@H]1CCCCC/C=C\[C@@H]2C[C@@]2(C(=O)O)NC(=O)[C@@H]2C[C@@H](Oc3nc4ccccc4n3Cc3ccccc3)CN2C1=O. The number of para-hydroxylation sites is 2. The average Bonchev–Trinajstić information content (AvgIpc) is 3.41. The summed E-state index contributed by atoms with van der Waals surface area (Å²) in [5.74, 6) is -2.46. The van der Waals surface area contributed by atoms with Gasteiger partial charge in [0, 0.05) is 12.3 Å². The summed E-state index contributed by atoms with van der Waals surface area (Å²) in [5, 5.41) is 15.7. The summed E-state index contributed by atoms with van der Waals surface area (Å²) in [5.41, 5.74) is 0.464. The molecule has 2 aromatic carbocycles. The number of allylic oxidation sites excluding steroid dienone is 1. The molecule has 5 atom stereocenters. The molecule has 1 saturated carbocycles. The lowest BCUT2D eigenvalue weighted by Crippen LogP contribution is -2.56. The third kappa shape index (κ3) is 7.73. The number of rotatable bonds is 6. The zero-order valence-electron chi connectivity index (χ0n) is 28.3. The Morgan fingerprint density at radius 3 is 2.57 bits per heavy atom. The monoisotopic (exact) mass is 671 g/mol. The number of carboxylic acid groups (broad SMARTS) is 1. The molecule has 6 rings (SSSR count). The summed E-state index contributed by atoms with van der Waals surface area (Å²) < 4.78 is 14.0. The Bertz CT molecular complexity index is 1730. The predicted molar refractivity (Wildman–Crippen MR) is 182 cm³/mol. The molecule has 2 aliphatic heterocycles. The van der Waals surface area contributed by atoms with Crippen LogP contribution in [0.4, 0.5) is 4.79 Å². The van der Waals surface area contributed by atoms with Gasteiger partial charge in [0.25, 0.3) is 6.01 Å². The molecule has 1 aliphatic carbocycles. The quantitative estimate of drug-likeness (QED) is 0.316. The normalized spacial score (nSPS) is 26.8. The van der Waals surface area contributed by atoms with Crippen molar-refractivity contribution in [2.45, 2.75) is 102 Å². The third-order valence-corrected chi connectivity index (χ3v) is 9.39. The molecule has 3 aromatic rings. The van der Waals surface area contributed by atoms with Crippen molar-refractivity contribution in [1.82, 2.24) is 25.1 Å². The van der Waals surface area contributed by atoms with Gasteiger partial charge in [0.15, 0.2) is 0 Å². The van der Waals surface area contributed by atoms with Gasteiger partial charge in [-0.3, -0.25) is 14.2 Å². The number of nitrogens with one attached hydrogen (secondary N) is 2. The van der Waals surface area contributed by atoms with E-state index in [1.807, 2.05) is 71.3 Å². The van der Waals surface area contributed by atoms with E-state index >= 15 is 0 Å². The number of alkyl carbamates (subject to hydrolysis) is 1. The van der Waals surface area contributed by atoms with E-state index in [1.54, 1.807) is 20.8 Å². The van der Waals surface area contributed by atoms with Crippen molar-refractivity contribution in [2.75, 3.05) is 6.54 Å². The van der Waals surface area contributed by atoms with Crippen LogP contribution in [-0.4, -0.2) is 79.3 Å². The van der Waals surface area contributed by atoms with Crippen LogP contribution >= 0.6 is 0 Å². The maximum Gasteiger partial charge on any atom is 0.408 e. The number of fused-ring (bicyclic) bond motifs is 3. The van der Waals surface area contributed by atoms with Crippen molar-refractivity contribution in [2.24, 2.45) is 5.92 Å². The molecule has 12 nitrogen and oxygen atoms in total. The Kier molecular flexibility index (Phi) is 9.67. The number of carbonyl (C=O) groups excluding carboxylic acids is 3. The maximum atomic E-state index is 14.3. The summed E-state index contributed by atoms with van der Waals surface area (Å²) in [6.45, 7) is 5.77. The molecule has 2 fully saturated rings. The van der Waals surface area contributed by atoms with Gasteiger partial charge in [-0.1, -0.05) is 67.5 Å². The minimum Gasteiger partial charge on any atom is -0.479 e. The van der Waals surface area contributed by atoms with Gasteiger partial charge >= 0.3 is 12.1 Å². The molecule has 1 aromatic heterocycles. The Balaban J connectivity index is 1.31. The first-order valence-corrected chi connectivity index (χ1v) is 17.1. The van der Waals surface area contributed by atoms with E-state index in [-0.39, 0.29) is 25.3 Å². The van der Waals surface area contributed by atoms with E-state index < -0.39 is 53.2 Å². The third-order valence-electron chi connectivity index (χ3n) is 9.39. The number of amides is 3. The fourth-order valence-electron chi connectivity index (χ4n) is 6.81. The molecule has 260 valence electrons. The topological polar surface area (TPSA) is 152 Å². The zero-order chi connectivity index (χ0) is 34.8. The Morgan fingerprint density at radius 1 is 1.06 bits per heavy atom. The largest absolute Gasteiger partial charge is 0.479 e. The zero-order valence-corrected chi connectivity index (χ0v) is 28.3. The predicted octanol–water partition coefficient (Wildman–Crippen LogP) is 4.81. The number of aliphatic carboxylic acids is 1. The van der Waals surface area contributed by atoms with E-state index in [4.69, 9.17) is 14.5 Å². The highest BCUT2D eigenvalue weighted by molar-refractivity contribution is 5.96. The number of carbonyl (C=O) groups is 4. The van der Waals surface area contributed by atoms with Gasteiger partial charge < -0.3 is 30.1 Å². The van der Waals surface area contributed by atoms with Crippen LogP contribution in [0.2, 0.25) is 0 Å². The molecule has 1 saturated heterocycles. The van der Waals surface area contributed by atoms with Crippen LogP contribution in [0.1, 0.15) is 71.3 Å². The first kappa shape index (κ1) is 34.0. The van der Waals surface area contributed by atoms with Crippen molar-refractivity contribution < 1.29 is 33.8 Å². The van der Waals surface area contributed by atoms with Crippen LogP contribution in [-0.2, 0) is 25.7 Å². The lowest BCUT2D eigenvalue weighted by Gasteiger charge is -2.30. The number of hydrogen-bond acceptors (Lipinski definition) is 7. The number of nitrogens with zero attached hydrogens (tertiary/aromatic N) is 3. The summed E-state index contributed by atoms with van der Waals surface area (Å²) in [4.78, 5) is 59.9. The minimum absolute atomic E-state index is 0.0430. The van der Waals surface area contributed by atoms with Gasteiger partial charge in [0.05, 0.1) is 24.1 Å². The van der Waals surface area contributed by atoms with Gasteiger partial charge in [0.2, 0.25) is 11.8 Å². The Labute approximate surface area is 285 Å². The number of ether oxygens (including phenoxy) is 2. The first-order chi connectivity index (χ1) is 23.4. The highest BCUT2D eigenvalue weighted by Gasteiger charge is 2.61. The Hall–Kier alpha value is -4.87. The van der Waals surface area contributed by atoms with Crippen molar-refractivity contribution in [3.63, 3.8) is 0 Å². The first-order valence-electron chi connectivity index (χ1n) is 17.1.